The first-order valence-electron chi connectivity index (χ1n) is 9.35. The lowest BCUT2D eigenvalue weighted by molar-refractivity contribution is 0.102. The number of hydrogen-bond acceptors (Lipinski definition) is 3. The summed E-state index contributed by atoms with van der Waals surface area (Å²) < 4.78 is 2.25. The summed E-state index contributed by atoms with van der Waals surface area (Å²) in [4.78, 5) is 17.5. The number of carbonyl (C=O) groups is 1. The lowest BCUT2D eigenvalue weighted by Crippen LogP contribution is -2.08. The van der Waals surface area contributed by atoms with Gasteiger partial charge in [-0.05, 0) is 54.5 Å². The third-order valence-electron chi connectivity index (χ3n) is 4.92. The molecule has 4 rings (SSSR count). The van der Waals surface area contributed by atoms with Gasteiger partial charge >= 0.3 is 0 Å². The predicted molar refractivity (Wildman–Crippen MR) is 108 cm³/mol. The van der Waals surface area contributed by atoms with Gasteiger partial charge < -0.3 is 4.57 Å². The Morgan fingerprint density at radius 3 is 2.81 bits per heavy atom. The van der Waals surface area contributed by atoms with Gasteiger partial charge in [-0.25, -0.2) is 4.98 Å². The average Bonchev–Trinajstić information content (AvgIpc) is 3.23. The van der Waals surface area contributed by atoms with Crippen LogP contribution in [0.3, 0.4) is 0 Å². The lowest BCUT2D eigenvalue weighted by atomic mass is 10.0. The number of carbonyl (C=O) groups excluding carboxylic acids is 1. The monoisotopic (exact) mass is 364 g/mol. The second-order valence-electron chi connectivity index (χ2n) is 7.44. The van der Waals surface area contributed by atoms with Crippen molar-refractivity contribution in [3.8, 4) is 0 Å². The molecule has 0 atom stereocenters. The largest absolute Gasteiger partial charge is 0.319 e. The minimum Gasteiger partial charge on any atom is -0.319 e. The van der Waals surface area contributed by atoms with Crippen LogP contribution in [0.2, 0.25) is 0 Å². The molecule has 0 saturated carbocycles. The predicted octanol–water partition coefficient (Wildman–Crippen LogP) is 5.16. The van der Waals surface area contributed by atoms with E-state index < -0.39 is 0 Å². The zero-order valence-electron chi connectivity index (χ0n) is 15.4. The fourth-order valence-corrected chi connectivity index (χ4v) is 4.58. The molecule has 3 nitrogen and oxygen atoms in total. The van der Waals surface area contributed by atoms with Gasteiger partial charge in [-0.2, -0.15) is 0 Å². The summed E-state index contributed by atoms with van der Waals surface area (Å²) in [6, 6.07) is 14.4. The minimum atomic E-state index is 0.188. The molecular weight excluding hydrogens is 340 g/mol. The zero-order chi connectivity index (χ0) is 18.1. The van der Waals surface area contributed by atoms with E-state index in [0.717, 1.165) is 41.1 Å². The molecule has 4 heteroatoms. The fourth-order valence-electron chi connectivity index (χ4n) is 3.66. The van der Waals surface area contributed by atoms with E-state index in [2.05, 4.69) is 36.6 Å². The van der Waals surface area contributed by atoms with Crippen molar-refractivity contribution in [3.05, 3.63) is 59.2 Å². The number of thioether (sulfide) groups is 1. The minimum absolute atomic E-state index is 0.188. The van der Waals surface area contributed by atoms with Gasteiger partial charge in [0.25, 0.3) is 0 Å². The Kier molecular flexibility index (Phi) is 4.86. The molecule has 0 saturated heterocycles. The molecule has 0 unspecified atom stereocenters. The summed E-state index contributed by atoms with van der Waals surface area (Å²) >= 11 is 1.55. The van der Waals surface area contributed by atoms with Gasteiger partial charge in [0, 0.05) is 12.1 Å². The molecule has 26 heavy (non-hydrogen) atoms. The molecule has 0 bridgehead atoms. The van der Waals surface area contributed by atoms with E-state index in [9.17, 15) is 4.79 Å². The first-order chi connectivity index (χ1) is 12.6. The number of hydrogen-bond donors (Lipinski definition) is 0. The van der Waals surface area contributed by atoms with Crippen LogP contribution in [0.15, 0.2) is 47.6 Å². The highest BCUT2D eigenvalue weighted by Crippen LogP contribution is 2.27. The highest BCUT2D eigenvalue weighted by atomic mass is 32.2. The van der Waals surface area contributed by atoms with E-state index >= 15 is 0 Å². The molecule has 1 aromatic heterocycles. The third kappa shape index (κ3) is 3.43. The van der Waals surface area contributed by atoms with Gasteiger partial charge in [0.05, 0.1) is 16.8 Å². The van der Waals surface area contributed by atoms with Crippen molar-refractivity contribution in [2.45, 2.75) is 44.8 Å². The van der Waals surface area contributed by atoms with E-state index in [-0.39, 0.29) is 5.78 Å². The lowest BCUT2D eigenvalue weighted by Gasteiger charge is -2.11. The summed E-state index contributed by atoms with van der Waals surface area (Å²) in [5, 5.41) is 0.939. The van der Waals surface area contributed by atoms with Crippen LogP contribution in [0.1, 0.15) is 41.8 Å². The molecule has 0 aliphatic heterocycles. The Hall–Kier alpha value is -2.07. The van der Waals surface area contributed by atoms with Gasteiger partial charge in [-0.15, -0.1) is 0 Å². The summed E-state index contributed by atoms with van der Waals surface area (Å²) in [7, 11) is 0. The normalized spacial score (nSPS) is 13.5. The van der Waals surface area contributed by atoms with Crippen LogP contribution in [0.25, 0.3) is 11.0 Å². The van der Waals surface area contributed by atoms with Crippen molar-refractivity contribution in [2.75, 3.05) is 5.75 Å². The number of nitrogens with zero attached hydrogens (tertiary/aromatic N) is 2. The van der Waals surface area contributed by atoms with Gasteiger partial charge in [0.1, 0.15) is 0 Å². The van der Waals surface area contributed by atoms with Crippen molar-refractivity contribution < 1.29 is 4.79 Å². The number of fused-ring (bicyclic) bond motifs is 2. The molecule has 1 aliphatic carbocycles. The molecule has 0 N–H and O–H groups in total. The Balaban J connectivity index is 1.54. The van der Waals surface area contributed by atoms with Crippen LogP contribution in [0.4, 0.5) is 0 Å². The van der Waals surface area contributed by atoms with Crippen molar-refractivity contribution in [1.29, 1.82) is 0 Å². The molecule has 2 aromatic carbocycles. The van der Waals surface area contributed by atoms with Gasteiger partial charge in [-0.1, -0.05) is 49.9 Å². The second kappa shape index (κ2) is 7.28. The summed E-state index contributed by atoms with van der Waals surface area (Å²) in [5.41, 5.74) is 5.75. The third-order valence-corrected chi connectivity index (χ3v) is 5.90. The molecule has 0 spiro atoms. The number of ketones is 1. The van der Waals surface area contributed by atoms with Crippen LogP contribution in [0, 0.1) is 5.92 Å². The standard InChI is InChI=1S/C22H24N2OS/c1-15(2)13-24-20-9-4-3-8-19(20)23-22(24)26-14-21(25)18-11-10-16-6-5-7-17(16)12-18/h3-4,8-12,15H,5-7,13-14H2,1-2H3. The smallest absolute Gasteiger partial charge is 0.173 e. The number of aryl methyl sites for hydroxylation is 2. The Morgan fingerprint density at radius 1 is 1.15 bits per heavy atom. The SMILES string of the molecule is CC(C)Cn1c(SCC(=O)c2ccc3c(c2)CCC3)nc2ccccc21. The second-order valence-corrected chi connectivity index (χ2v) is 8.38. The van der Waals surface area contributed by atoms with E-state index in [0.29, 0.717) is 11.7 Å². The maximum absolute atomic E-state index is 12.7. The van der Waals surface area contributed by atoms with E-state index in [1.54, 1.807) is 11.8 Å². The van der Waals surface area contributed by atoms with E-state index in [1.165, 1.54) is 17.5 Å². The molecule has 0 fully saturated rings. The maximum Gasteiger partial charge on any atom is 0.173 e. The highest BCUT2D eigenvalue weighted by molar-refractivity contribution is 7.99. The first-order valence-corrected chi connectivity index (χ1v) is 10.3. The molecule has 3 aromatic rings. The Morgan fingerprint density at radius 2 is 1.96 bits per heavy atom. The first kappa shape index (κ1) is 17.3. The van der Waals surface area contributed by atoms with Crippen LogP contribution < -0.4 is 0 Å². The molecule has 1 heterocycles. The number of rotatable bonds is 6. The van der Waals surface area contributed by atoms with Gasteiger partial charge in [0.2, 0.25) is 0 Å². The summed E-state index contributed by atoms with van der Waals surface area (Å²) in [6.45, 7) is 5.33. The molecule has 0 amide bonds. The quantitative estimate of drug-likeness (QED) is 0.448. The van der Waals surface area contributed by atoms with Crippen molar-refractivity contribution >= 4 is 28.6 Å². The highest BCUT2D eigenvalue weighted by Gasteiger charge is 2.17. The van der Waals surface area contributed by atoms with Crippen LogP contribution >= 0.6 is 11.8 Å². The van der Waals surface area contributed by atoms with Crippen LogP contribution in [0.5, 0.6) is 0 Å². The molecule has 1 aliphatic rings. The molecule has 134 valence electrons. The maximum atomic E-state index is 12.7. The average molecular weight is 365 g/mol. The Bertz CT molecular complexity index is 958. The number of Topliss-reactive ketones (excluding diaryl/α,β-unsaturated/α-hetero) is 1. The van der Waals surface area contributed by atoms with Crippen LogP contribution in [-0.4, -0.2) is 21.1 Å². The topological polar surface area (TPSA) is 34.9 Å². The number of aromatic nitrogens is 2. The Labute approximate surface area is 158 Å². The van der Waals surface area contributed by atoms with Crippen molar-refractivity contribution in [2.24, 2.45) is 5.92 Å². The zero-order valence-corrected chi connectivity index (χ0v) is 16.2. The molecular formula is C22H24N2OS. The van der Waals surface area contributed by atoms with Crippen LogP contribution in [-0.2, 0) is 19.4 Å². The van der Waals surface area contributed by atoms with E-state index in [4.69, 9.17) is 4.98 Å². The van der Waals surface area contributed by atoms with Gasteiger partial charge in [0.15, 0.2) is 10.9 Å². The number of para-hydroxylation sites is 2. The van der Waals surface area contributed by atoms with E-state index in [1.807, 2.05) is 24.3 Å². The summed E-state index contributed by atoms with van der Waals surface area (Å²) in [5.74, 6) is 1.15. The van der Waals surface area contributed by atoms with Crippen molar-refractivity contribution in [3.63, 3.8) is 0 Å². The summed E-state index contributed by atoms with van der Waals surface area (Å²) in [6.07, 6.45) is 3.46. The number of benzene rings is 2. The molecule has 0 radical (unpaired) electrons. The van der Waals surface area contributed by atoms with Gasteiger partial charge in [-0.3, -0.25) is 4.79 Å². The fraction of sp³-hybridized carbons (Fsp3) is 0.364. The van der Waals surface area contributed by atoms with Crippen molar-refractivity contribution in [1.82, 2.24) is 9.55 Å². The number of imidazole rings is 1.